The van der Waals surface area contributed by atoms with E-state index >= 15 is 0 Å². The Balaban J connectivity index is 2.45. The second-order valence-corrected chi connectivity index (χ2v) is 3.58. The maximum Gasteiger partial charge on any atom is 0.201 e. The first-order valence-corrected chi connectivity index (χ1v) is 5.09. The molecule has 0 saturated carbocycles. The number of rotatable bonds is 3. The number of hydrogen-bond donors (Lipinski definition) is 0. The second kappa shape index (κ2) is 4.84. The Morgan fingerprint density at radius 3 is 2.78 bits per heavy atom. The summed E-state index contributed by atoms with van der Waals surface area (Å²) in [5, 5.41) is 8.33. The minimum absolute atomic E-state index is 0.0943. The summed E-state index contributed by atoms with van der Waals surface area (Å²) < 4.78 is 33.9. The number of aromatic nitrogens is 2. The number of nitriles is 1. The van der Waals surface area contributed by atoms with Crippen LogP contribution in [-0.2, 0) is 7.05 Å². The van der Waals surface area contributed by atoms with Crippen LogP contribution >= 0.6 is 0 Å². The predicted molar refractivity (Wildman–Crippen MR) is 59.7 cm³/mol. The third-order valence-electron chi connectivity index (χ3n) is 2.43. The highest BCUT2D eigenvalue weighted by Crippen LogP contribution is 2.29. The largest absolute Gasteiger partial charge is 0.476 e. The lowest BCUT2D eigenvalue weighted by Crippen LogP contribution is -2.01. The summed E-state index contributed by atoms with van der Waals surface area (Å²) in [6.07, 6.45) is 2.93. The van der Waals surface area contributed by atoms with E-state index in [9.17, 15) is 8.78 Å². The van der Waals surface area contributed by atoms with Gasteiger partial charge in [-0.3, -0.25) is 0 Å². The maximum atomic E-state index is 13.9. The van der Waals surface area contributed by atoms with Gasteiger partial charge in [0.2, 0.25) is 5.82 Å². The molecule has 0 unspecified atom stereocenters. The molecule has 0 aliphatic carbocycles. The standard InChI is InChI=1S/C12H9F2N3O/c1-17-7-16-6-9(17)8-2-3-10(18-5-4-15)12(14)11(8)13/h2-3,6-7H,5H2,1H3. The highest BCUT2D eigenvalue weighted by atomic mass is 19.2. The lowest BCUT2D eigenvalue weighted by molar-refractivity contribution is 0.337. The van der Waals surface area contributed by atoms with Gasteiger partial charge in [0, 0.05) is 12.6 Å². The minimum atomic E-state index is -1.11. The van der Waals surface area contributed by atoms with Gasteiger partial charge in [-0.1, -0.05) is 0 Å². The minimum Gasteiger partial charge on any atom is -0.476 e. The van der Waals surface area contributed by atoms with Gasteiger partial charge in [0.25, 0.3) is 0 Å². The van der Waals surface area contributed by atoms with Crippen LogP contribution in [0.3, 0.4) is 0 Å². The lowest BCUT2D eigenvalue weighted by Gasteiger charge is -2.08. The van der Waals surface area contributed by atoms with Crippen molar-refractivity contribution in [3.63, 3.8) is 0 Å². The number of benzene rings is 1. The van der Waals surface area contributed by atoms with E-state index in [-0.39, 0.29) is 17.9 Å². The van der Waals surface area contributed by atoms with Crippen molar-refractivity contribution in [2.45, 2.75) is 0 Å². The summed E-state index contributed by atoms with van der Waals surface area (Å²) in [5.41, 5.74) is 0.551. The lowest BCUT2D eigenvalue weighted by atomic mass is 10.1. The van der Waals surface area contributed by atoms with Gasteiger partial charge in [-0.2, -0.15) is 9.65 Å². The quantitative estimate of drug-likeness (QED) is 0.838. The van der Waals surface area contributed by atoms with Gasteiger partial charge in [-0.25, -0.2) is 9.37 Å². The number of imidazole rings is 1. The Labute approximate surface area is 102 Å². The molecule has 0 N–H and O–H groups in total. The molecule has 2 rings (SSSR count). The first-order valence-electron chi connectivity index (χ1n) is 5.09. The molecule has 0 radical (unpaired) electrons. The van der Waals surface area contributed by atoms with E-state index in [4.69, 9.17) is 10.00 Å². The van der Waals surface area contributed by atoms with Gasteiger partial charge in [-0.05, 0) is 12.1 Å². The van der Waals surface area contributed by atoms with Crippen LogP contribution in [0.15, 0.2) is 24.7 Å². The summed E-state index contributed by atoms with van der Waals surface area (Å²) in [5.74, 6) is -2.40. The fourth-order valence-corrected chi connectivity index (χ4v) is 1.57. The number of halogens is 2. The maximum absolute atomic E-state index is 13.9. The van der Waals surface area contributed by atoms with Gasteiger partial charge >= 0.3 is 0 Å². The van der Waals surface area contributed by atoms with Crippen molar-refractivity contribution in [1.82, 2.24) is 9.55 Å². The molecule has 4 nitrogen and oxygen atoms in total. The normalized spacial score (nSPS) is 10.1. The van der Waals surface area contributed by atoms with Crippen LogP contribution in [0.5, 0.6) is 5.75 Å². The van der Waals surface area contributed by atoms with Crippen LogP contribution in [0.2, 0.25) is 0 Å². The average molecular weight is 249 g/mol. The van der Waals surface area contributed by atoms with Gasteiger partial charge in [0.15, 0.2) is 18.2 Å². The monoisotopic (exact) mass is 249 g/mol. The topological polar surface area (TPSA) is 50.8 Å². The third kappa shape index (κ3) is 2.02. The number of aryl methyl sites for hydroxylation is 1. The third-order valence-corrected chi connectivity index (χ3v) is 2.43. The number of ether oxygens (including phenoxy) is 1. The van der Waals surface area contributed by atoms with Crippen molar-refractivity contribution in [2.24, 2.45) is 7.05 Å². The van der Waals surface area contributed by atoms with Crippen LogP contribution in [0.4, 0.5) is 8.78 Å². The highest BCUT2D eigenvalue weighted by molar-refractivity contribution is 5.61. The van der Waals surface area contributed by atoms with Gasteiger partial charge in [0.1, 0.15) is 6.07 Å². The molecule has 92 valence electrons. The van der Waals surface area contributed by atoms with Crippen molar-refractivity contribution in [3.8, 4) is 23.1 Å². The smallest absolute Gasteiger partial charge is 0.201 e. The molecule has 0 fully saturated rings. The zero-order chi connectivity index (χ0) is 13.1. The molecule has 18 heavy (non-hydrogen) atoms. The molecule has 1 aromatic heterocycles. The Kier molecular flexibility index (Phi) is 3.24. The molecule has 0 spiro atoms. The molecule has 0 saturated heterocycles. The van der Waals surface area contributed by atoms with E-state index in [1.54, 1.807) is 17.7 Å². The van der Waals surface area contributed by atoms with E-state index < -0.39 is 11.6 Å². The summed E-state index contributed by atoms with van der Waals surface area (Å²) in [4.78, 5) is 3.84. The molecule has 0 amide bonds. The average Bonchev–Trinajstić information content (AvgIpc) is 2.77. The Bertz CT molecular complexity index is 616. The van der Waals surface area contributed by atoms with Gasteiger partial charge in [0.05, 0.1) is 18.2 Å². The Morgan fingerprint density at radius 2 is 2.17 bits per heavy atom. The molecule has 6 heteroatoms. The van der Waals surface area contributed by atoms with E-state index in [1.807, 2.05) is 0 Å². The zero-order valence-electron chi connectivity index (χ0n) is 9.52. The molecule has 0 atom stereocenters. The van der Waals surface area contributed by atoms with Crippen LogP contribution in [-0.4, -0.2) is 16.2 Å². The molecule has 0 bridgehead atoms. The van der Waals surface area contributed by atoms with Crippen molar-refractivity contribution in [3.05, 3.63) is 36.3 Å². The van der Waals surface area contributed by atoms with Crippen LogP contribution < -0.4 is 4.74 Å². The van der Waals surface area contributed by atoms with Gasteiger partial charge in [-0.15, -0.1) is 0 Å². The zero-order valence-corrected chi connectivity index (χ0v) is 9.52. The first-order chi connectivity index (χ1) is 8.65. The van der Waals surface area contributed by atoms with E-state index in [0.717, 1.165) is 0 Å². The Morgan fingerprint density at radius 1 is 1.39 bits per heavy atom. The van der Waals surface area contributed by atoms with Crippen molar-refractivity contribution >= 4 is 0 Å². The summed E-state index contributed by atoms with van der Waals surface area (Å²) in [6.45, 7) is -0.332. The van der Waals surface area contributed by atoms with E-state index in [0.29, 0.717) is 5.69 Å². The first kappa shape index (κ1) is 12.0. The molecular weight excluding hydrogens is 240 g/mol. The molecule has 2 aromatic rings. The van der Waals surface area contributed by atoms with E-state index in [1.165, 1.54) is 24.7 Å². The number of hydrogen-bond acceptors (Lipinski definition) is 3. The van der Waals surface area contributed by atoms with Crippen molar-refractivity contribution in [2.75, 3.05) is 6.61 Å². The van der Waals surface area contributed by atoms with Gasteiger partial charge < -0.3 is 9.30 Å². The molecule has 1 aromatic carbocycles. The predicted octanol–water partition coefficient (Wildman–Crippen LogP) is 2.27. The van der Waals surface area contributed by atoms with Crippen molar-refractivity contribution < 1.29 is 13.5 Å². The fourth-order valence-electron chi connectivity index (χ4n) is 1.57. The summed E-state index contributed by atoms with van der Waals surface area (Å²) in [6, 6.07) is 4.37. The van der Waals surface area contributed by atoms with Crippen molar-refractivity contribution in [1.29, 1.82) is 5.26 Å². The second-order valence-electron chi connectivity index (χ2n) is 3.58. The summed E-state index contributed by atoms with van der Waals surface area (Å²) >= 11 is 0. The molecular formula is C12H9F2N3O. The van der Waals surface area contributed by atoms with Crippen LogP contribution in [0.1, 0.15) is 0 Å². The molecule has 0 aliphatic heterocycles. The van der Waals surface area contributed by atoms with Crippen LogP contribution in [0, 0.1) is 23.0 Å². The van der Waals surface area contributed by atoms with Crippen LogP contribution in [0.25, 0.3) is 11.3 Å². The summed E-state index contributed by atoms with van der Waals surface area (Å²) in [7, 11) is 1.68. The Hall–Kier alpha value is -2.42. The highest BCUT2D eigenvalue weighted by Gasteiger charge is 2.17. The molecule has 1 heterocycles. The number of nitrogens with zero attached hydrogens (tertiary/aromatic N) is 3. The van der Waals surface area contributed by atoms with E-state index in [2.05, 4.69) is 4.98 Å². The fraction of sp³-hybridized carbons (Fsp3) is 0.167. The molecule has 0 aliphatic rings. The SMILES string of the molecule is Cn1cncc1-c1ccc(OCC#N)c(F)c1F.